The second-order valence-electron chi connectivity index (χ2n) is 11.1. The lowest BCUT2D eigenvalue weighted by Crippen LogP contribution is -2.70. The van der Waals surface area contributed by atoms with Crippen LogP contribution in [0.15, 0.2) is 23.2 Å². The molecule has 4 rings (SSSR count). The maximum Gasteiger partial charge on any atom is 0.390 e. The fraction of sp³-hybridized carbons (Fsp3) is 0.680. The third kappa shape index (κ3) is 6.18. The van der Waals surface area contributed by atoms with Gasteiger partial charge in [-0.3, -0.25) is 14.2 Å². The molecule has 14 heteroatoms. The number of hydrogen-bond donors (Lipinski definition) is 2. The van der Waals surface area contributed by atoms with Crippen LogP contribution in [0.4, 0.5) is 17.6 Å². The maximum absolute atomic E-state index is 13.3. The Morgan fingerprint density at radius 2 is 1.97 bits per heavy atom. The van der Waals surface area contributed by atoms with E-state index in [1.54, 1.807) is 32.0 Å². The fourth-order valence-electron chi connectivity index (χ4n) is 5.88. The van der Waals surface area contributed by atoms with Crippen molar-refractivity contribution in [2.24, 2.45) is 16.3 Å². The van der Waals surface area contributed by atoms with Crippen molar-refractivity contribution >= 4 is 45.0 Å². The maximum atomic E-state index is 13.3. The van der Waals surface area contributed by atoms with Gasteiger partial charge in [0.25, 0.3) is 0 Å². The summed E-state index contributed by atoms with van der Waals surface area (Å²) in [6.07, 6.45) is -3.68. The summed E-state index contributed by atoms with van der Waals surface area (Å²) in [5.41, 5.74) is -0.628. The molecule has 39 heavy (non-hydrogen) atoms. The number of carbonyl (C=O) groups excluding carboxylic acids is 1. The fourth-order valence-corrected chi connectivity index (χ4v) is 7.88. The second-order valence-corrected chi connectivity index (χ2v) is 14.0. The average molecular weight is 616 g/mol. The lowest BCUT2D eigenvalue weighted by Gasteiger charge is -2.65. The first-order valence-electron chi connectivity index (χ1n) is 12.8. The molecule has 4 atom stereocenters. The highest BCUT2D eigenvalue weighted by molar-refractivity contribution is 7.89. The number of amides is 1. The summed E-state index contributed by atoms with van der Waals surface area (Å²) in [6, 6.07) is 3.63. The van der Waals surface area contributed by atoms with E-state index in [0.29, 0.717) is 27.9 Å². The molecule has 0 radical (unpaired) electrons. The Labute approximate surface area is 235 Å². The van der Waals surface area contributed by atoms with Crippen LogP contribution < -0.4 is 10.6 Å². The highest BCUT2D eigenvalue weighted by atomic mass is 35.5. The quantitative estimate of drug-likeness (QED) is 0.348. The van der Waals surface area contributed by atoms with Crippen LogP contribution in [0, 0.1) is 11.3 Å². The molecule has 1 aromatic rings. The number of sulfonamides is 1. The van der Waals surface area contributed by atoms with Gasteiger partial charge in [-0.1, -0.05) is 29.3 Å². The van der Waals surface area contributed by atoms with Crippen LogP contribution in [0.25, 0.3) is 0 Å². The van der Waals surface area contributed by atoms with Crippen molar-refractivity contribution in [3.8, 4) is 0 Å². The summed E-state index contributed by atoms with van der Waals surface area (Å²) in [7, 11) is -3.81. The van der Waals surface area contributed by atoms with E-state index in [2.05, 4.69) is 15.6 Å². The van der Waals surface area contributed by atoms with Gasteiger partial charge < -0.3 is 10.6 Å². The zero-order valence-electron chi connectivity index (χ0n) is 21.6. The summed E-state index contributed by atoms with van der Waals surface area (Å²) < 4.78 is 78.5. The number of fused-ring (bicyclic) bond motifs is 1. The summed E-state index contributed by atoms with van der Waals surface area (Å²) in [5, 5.41) is 6.28. The summed E-state index contributed by atoms with van der Waals surface area (Å²) in [6.45, 7) is 2.29. The van der Waals surface area contributed by atoms with Crippen molar-refractivity contribution in [1.82, 2.24) is 14.9 Å². The molecule has 0 spiro atoms. The van der Waals surface area contributed by atoms with Gasteiger partial charge in [-0.15, -0.1) is 0 Å². The first-order valence-corrected chi connectivity index (χ1v) is 15.2. The van der Waals surface area contributed by atoms with Gasteiger partial charge in [0.05, 0.1) is 34.4 Å². The number of amidine groups is 1. The molecule has 0 bridgehead atoms. The number of benzene rings is 1. The number of hydrogen-bond acceptors (Lipinski definition) is 5. The van der Waals surface area contributed by atoms with Gasteiger partial charge in [-0.05, 0) is 63.1 Å². The van der Waals surface area contributed by atoms with Gasteiger partial charge in [0, 0.05) is 24.5 Å². The standard InChI is InChI=1S/C25H32Cl2F4N4O3S/c1-23(2)20(21(36)32-10-8-25(29,30)31)33-22(34-23)24-7-6-16(24)19(13-24)35(39(37,38)11-3-9-28)14-15-4-5-17(26)18(27)12-15/h4-5,12,16,19-20H,3,6-11,13-14H2,1-2H3,(H,32,36)(H,33,34)/t16?,19?,20-,24?/m0/s1. The Balaban J connectivity index is 1.53. The zero-order chi connectivity index (χ0) is 28.8. The topological polar surface area (TPSA) is 90.9 Å². The first-order chi connectivity index (χ1) is 18.1. The third-order valence-corrected chi connectivity index (χ3v) is 10.7. The van der Waals surface area contributed by atoms with Crippen molar-refractivity contribution in [2.45, 2.75) is 76.3 Å². The molecule has 1 heterocycles. The third-order valence-electron chi connectivity index (χ3n) is 8.04. The number of aliphatic imine (C=N–C) groups is 1. The molecule has 1 aliphatic heterocycles. The van der Waals surface area contributed by atoms with E-state index in [1.807, 2.05) is 0 Å². The highest BCUT2D eigenvalue weighted by Crippen LogP contribution is 2.64. The summed E-state index contributed by atoms with van der Waals surface area (Å²) >= 11 is 12.2. The Bertz CT molecular complexity index is 1240. The van der Waals surface area contributed by atoms with E-state index in [1.165, 1.54) is 4.31 Å². The van der Waals surface area contributed by atoms with Crippen molar-refractivity contribution in [3.63, 3.8) is 0 Å². The van der Waals surface area contributed by atoms with Crippen molar-refractivity contribution < 1.29 is 30.8 Å². The number of carbonyl (C=O) groups is 1. The number of halogens is 6. The largest absolute Gasteiger partial charge is 0.390 e. The Kier molecular flexibility index (Phi) is 8.54. The molecule has 1 amide bonds. The van der Waals surface area contributed by atoms with Gasteiger partial charge in [0.1, 0.15) is 5.84 Å². The molecule has 2 aliphatic carbocycles. The number of nitrogens with zero attached hydrogens (tertiary/aromatic N) is 2. The summed E-state index contributed by atoms with van der Waals surface area (Å²) in [4.78, 5) is 17.3. The van der Waals surface area contributed by atoms with Gasteiger partial charge in [-0.2, -0.15) is 17.5 Å². The lowest BCUT2D eigenvalue weighted by molar-refractivity contribution is -0.136. The van der Waals surface area contributed by atoms with E-state index in [0.717, 1.165) is 12.8 Å². The minimum absolute atomic E-state index is 0.0540. The molecular formula is C25H32Cl2F4N4O3S. The monoisotopic (exact) mass is 614 g/mol. The first kappa shape index (κ1) is 30.3. The molecule has 2 fully saturated rings. The SMILES string of the molecule is CC1(C)NC(C23CCC2C(N(Cc2ccc(Cl)c(Cl)c2)S(=O)(=O)CCCF)C3)=N[C@H]1C(=O)NCCC(F)(F)F. The molecule has 0 aromatic heterocycles. The predicted molar refractivity (Wildman–Crippen MR) is 142 cm³/mol. The van der Waals surface area contributed by atoms with Crippen molar-refractivity contribution in [2.75, 3.05) is 19.0 Å². The molecule has 218 valence electrons. The lowest BCUT2D eigenvalue weighted by atomic mass is 9.44. The molecule has 0 saturated heterocycles. The van der Waals surface area contributed by atoms with Crippen LogP contribution in [0.1, 0.15) is 51.5 Å². The Morgan fingerprint density at radius 3 is 2.54 bits per heavy atom. The van der Waals surface area contributed by atoms with E-state index in [9.17, 15) is 30.8 Å². The Morgan fingerprint density at radius 1 is 1.26 bits per heavy atom. The second kappa shape index (κ2) is 11.0. The van der Waals surface area contributed by atoms with Crippen LogP contribution in [-0.4, -0.2) is 67.2 Å². The van der Waals surface area contributed by atoms with E-state index >= 15 is 0 Å². The number of nitrogens with one attached hydrogen (secondary N) is 2. The molecule has 2 N–H and O–H groups in total. The normalized spacial score (nSPS) is 27.7. The molecule has 3 aliphatic rings. The Hall–Kier alpha value is -1.63. The summed E-state index contributed by atoms with van der Waals surface area (Å²) in [5.74, 6) is -0.404. The zero-order valence-corrected chi connectivity index (χ0v) is 24.0. The minimum Gasteiger partial charge on any atom is -0.366 e. The van der Waals surface area contributed by atoms with Crippen LogP contribution in [-0.2, 0) is 21.4 Å². The van der Waals surface area contributed by atoms with E-state index in [-0.39, 0.29) is 30.7 Å². The van der Waals surface area contributed by atoms with E-state index in [4.69, 9.17) is 23.2 Å². The minimum atomic E-state index is -4.38. The molecule has 7 nitrogen and oxygen atoms in total. The predicted octanol–water partition coefficient (Wildman–Crippen LogP) is 4.87. The van der Waals surface area contributed by atoms with Gasteiger partial charge in [0.2, 0.25) is 15.9 Å². The number of rotatable bonds is 11. The van der Waals surface area contributed by atoms with Crippen LogP contribution in [0.5, 0.6) is 0 Å². The van der Waals surface area contributed by atoms with Gasteiger partial charge in [-0.25, -0.2) is 8.42 Å². The van der Waals surface area contributed by atoms with Crippen LogP contribution in [0.3, 0.4) is 0 Å². The van der Waals surface area contributed by atoms with Crippen molar-refractivity contribution in [1.29, 1.82) is 0 Å². The van der Waals surface area contributed by atoms with Gasteiger partial charge >= 0.3 is 6.18 Å². The highest BCUT2D eigenvalue weighted by Gasteiger charge is 2.67. The van der Waals surface area contributed by atoms with E-state index < -0.39 is 58.7 Å². The average Bonchev–Trinajstić information content (AvgIpc) is 3.14. The molecular weight excluding hydrogens is 583 g/mol. The van der Waals surface area contributed by atoms with Crippen LogP contribution in [0.2, 0.25) is 10.0 Å². The molecule has 1 aromatic carbocycles. The van der Waals surface area contributed by atoms with Crippen LogP contribution >= 0.6 is 23.2 Å². The molecule has 2 saturated carbocycles. The molecule has 3 unspecified atom stereocenters. The number of alkyl halides is 4. The van der Waals surface area contributed by atoms with Crippen molar-refractivity contribution in [3.05, 3.63) is 33.8 Å². The van der Waals surface area contributed by atoms with Gasteiger partial charge in [0.15, 0.2) is 6.04 Å². The smallest absolute Gasteiger partial charge is 0.366 e.